The van der Waals surface area contributed by atoms with E-state index in [0.717, 1.165) is 0 Å². The number of carbonyl (C=O) groups excluding carboxylic acids is 1. The van der Waals surface area contributed by atoms with E-state index in [1.807, 2.05) is 0 Å². The third-order valence-corrected chi connectivity index (χ3v) is 2.59. The van der Waals surface area contributed by atoms with E-state index < -0.39 is 10.8 Å². The Bertz CT molecular complexity index is 665. The molecule has 2 rings (SSSR count). The lowest BCUT2D eigenvalue weighted by Gasteiger charge is -2.05. The quantitative estimate of drug-likeness (QED) is 0.654. The van der Waals surface area contributed by atoms with Gasteiger partial charge in [0.1, 0.15) is 11.4 Å². The highest BCUT2D eigenvalue weighted by Crippen LogP contribution is 2.25. The Labute approximate surface area is 113 Å². The highest BCUT2D eigenvalue weighted by molar-refractivity contribution is 6.04. The SMILES string of the molecule is CNc1cc(C(=O)Nc2cc(C)on2)ccc1[N+](=O)[O-]. The van der Waals surface area contributed by atoms with Gasteiger partial charge in [0.15, 0.2) is 5.82 Å². The number of anilines is 2. The molecule has 0 fully saturated rings. The first-order valence-corrected chi connectivity index (χ1v) is 5.72. The lowest BCUT2D eigenvalue weighted by atomic mass is 10.1. The van der Waals surface area contributed by atoms with Crippen LogP contribution in [0.3, 0.4) is 0 Å². The summed E-state index contributed by atoms with van der Waals surface area (Å²) in [6.07, 6.45) is 0. The standard InChI is InChI=1S/C12H12N4O4/c1-7-5-11(15-20-7)14-12(17)8-3-4-10(16(18)19)9(6-8)13-2/h3-6,13H,1-2H3,(H,14,15,17). The number of carbonyl (C=O) groups is 1. The fraction of sp³-hybridized carbons (Fsp3) is 0.167. The van der Waals surface area contributed by atoms with Crippen LogP contribution in [0.5, 0.6) is 0 Å². The Morgan fingerprint density at radius 2 is 2.15 bits per heavy atom. The van der Waals surface area contributed by atoms with Gasteiger partial charge in [-0.05, 0) is 19.1 Å². The molecule has 1 aromatic carbocycles. The largest absolute Gasteiger partial charge is 0.383 e. The van der Waals surface area contributed by atoms with Gasteiger partial charge in [-0.3, -0.25) is 14.9 Å². The number of rotatable bonds is 4. The van der Waals surface area contributed by atoms with Crippen molar-refractivity contribution < 1.29 is 14.2 Å². The average Bonchev–Trinajstić information content (AvgIpc) is 2.83. The smallest absolute Gasteiger partial charge is 0.292 e. The van der Waals surface area contributed by atoms with Crippen LogP contribution >= 0.6 is 0 Å². The van der Waals surface area contributed by atoms with Gasteiger partial charge in [0.05, 0.1) is 4.92 Å². The number of nitrogens with zero attached hydrogens (tertiary/aromatic N) is 2. The Hall–Kier alpha value is -2.90. The van der Waals surface area contributed by atoms with Crippen molar-refractivity contribution in [1.82, 2.24) is 5.16 Å². The second kappa shape index (κ2) is 5.39. The third kappa shape index (κ3) is 2.74. The van der Waals surface area contributed by atoms with Crippen molar-refractivity contribution in [2.24, 2.45) is 0 Å². The third-order valence-electron chi connectivity index (χ3n) is 2.59. The van der Waals surface area contributed by atoms with Crippen molar-refractivity contribution in [3.63, 3.8) is 0 Å². The molecule has 2 aromatic rings. The molecule has 0 atom stereocenters. The summed E-state index contributed by atoms with van der Waals surface area (Å²) >= 11 is 0. The molecule has 0 spiro atoms. The van der Waals surface area contributed by atoms with Crippen LogP contribution < -0.4 is 10.6 Å². The van der Waals surface area contributed by atoms with Crippen molar-refractivity contribution in [3.8, 4) is 0 Å². The van der Waals surface area contributed by atoms with E-state index in [0.29, 0.717) is 5.76 Å². The normalized spacial score (nSPS) is 10.1. The molecule has 0 saturated heterocycles. The fourth-order valence-electron chi connectivity index (χ4n) is 1.65. The summed E-state index contributed by atoms with van der Waals surface area (Å²) in [7, 11) is 1.55. The summed E-state index contributed by atoms with van der Waals surface area (Å²) in [4.78, 5) is 22.3. The maximum Gasteiger partial charge on any atom is 0.292 e. The van der Waals surface area contributed by atoms with E-state index in [-0.39, 0.29) is 22.8 Å². The molecular weight excluding hydrogens is 264 g/mol. The average molecular weight is 276 g/mol. The summed E-state index contributed by atoms with van der Waals surface area (Å²) in [5.41, 5.74) is 0.445. The van der Waals surface area contributed by atoms with Crippen molar-refractivity contribution in [2.75, 3.05) is 17.7 Å². The van der Waals surface area contributed by atoms with Crippen LogP contribution in [0, 0.1) is 17.0 Å². The monoisotopic (exact) mass is 276 g/mol. The van der Waals surface area contributed by atoms with E-state index in [4.69, 9.17) is 4.52 Å². The summed E-state index contributed by atoms with van der Waals surface area (Å²) in [5.74, 6) is 0.432. The van der Waals surface area contributed by atoms with Gasteiger partial charge in [0, 0.05) is 24.7 Å². The van der Waals surface area contributed by atoms with Gasteiger partial charge in [-0.1, -0.05) is 5.16 Å². The lowest BCUT2D eigenvalue weighted by molar-refractivity contribution is -0.383. The van der Waals surface area contributed by atoms with Gasteiger partial charge in [-0.2, -0.15) is 0 Å². The van der Waals surface area contributed by atoms with Gasteiger partial charge >= 0.3 is 0 Å². The highest BCUT2D eigenvalue weighted by Gasteiger charge is 2.16. The van der Waals surface area contributed by atoms with Crippen molar-refractivity contribution in [1.29, 1.82) is 0 Å². The second-order valence-corrected chi connectivity index (χ2v) is 4.02. The first-order valence-electron chi connectivity index (χ1n) is 5.72. The summed E-state index contributed by atoms with van der Waals surface area (Å²) in [6.45, 7) is 1.70. The number of hydrogen-bond acceptors (Lipinski definition) is 6. The molecule has 0 aliphatic rings. The van der Waals surface area contributed by atoms with Crippen LogP contribution in [0.1, 0.15) is 16.1 Å². The van der Waals surface area contributed by atoms with Crippen LogP contribution in [-0.2, 0) is 0 Å². The number of aromatic nitrogens is 1. The molecule has 1 heterocycles. The first kappa shape index (κ1) is 13.5. The maximum absolute atomic E-state index is 12.0. The number of benzene rings is 1. The van der Waals surface area contributed by atoms with Crippen molar-refractivity contribution in [2.45, 2.75) is 6.92 Å². The Kier molecular flexibility index (Phi) is 3.65. The van der Waals surface area contributed by atoms with Crippen LogP contribution in [-0.4, -0.2) is 23.0 Å². The zero-order valence-electron chi connectivity index (χ0n) is 10.8. The molecule has 104 valence electrons. The van der Waals surface area contributed by atoms with Crippen LogP contribution in [0.25, 0.3) is 0 Å². The number of aryl methyl sites for hydroxylation is 1. The minimum Gasteiger partial charge on any atom is -0.383 e. The zero-order valence-corrected chi connectivity index (χ0v) is 10.8. The van der Waals surface area contributed by atoms with E-state index in [2.05, 4.69) is 15.8 Å². The number of hydrogen-bond donors (Lipinski definition) is 2. The van der Waals surface area contributed by atoms with E-state index in [9.17, 15) is 14.9 Å². The van der Waals surface area contributed by atoms with Crippen molar-refractivity contribution in [3.05, 3.63) is 45.7 Å². The van der Waals surface area contributed by atoms with Crippen LogP contribution in [0.4, 0.5) is 17.2 Å². The predicted octanol–water partition coefficient (Wildman–Crippen LogP) is 2.19. The molecule has 2 N–H and O–H groups in total. The first-order chi connectivity index (χ1) is 9.51. The molecule has 20 heavy (non-hydrogen) atoms. The summed E-state index contributed by atoms with van der Waals surface area (Å²) in [6, 6.07) is 5.62. The molecule has 0 bridgehead atoms. The van der Waals surface area contributed by atoms with E-state index >= 15 is 0 Å². The fourth-order valence-corrected chi connectivity index (χ4v) is 1.65. The number of nitrogens with one attached hydrogen (secondary N) is 2. The number of nitro groups is 1. The number of amides is 1. The van der Waals surface area contributed by atoms with Crippen LogP contribution in [0.15, 0.2) is 28.8 Å². The molecule has 0 aliphatic carbocycles. The Morgan fingerprint density at radius 3 is 2.70 bits per heavy atom. The van der Waals surface area contributed by atoms with Gasteiger partial charge in [0.25, 0.3) is 11.6 Å². The molecule has 1 amide bonds. The van der Waals surface area contributed by atoms with E-state index in [1.54, 1.807) is 20.0 Å². The van der Waals surface area contributed by atoms with Crippen molar-refractivity contribution >= 4 is 23.1 Å². The predicted molar refractivity (Wildman–Crippen MR) is 71.8 cm³/mol. The summed E-state index contributed by atoms with van der Waals surface area (Å²) < 4.78 is 4.83. The Balaban J connectivity index is 2.24. The zero-order chi connectivity index (χ0) is 14.7. The van der Waals surface area contributed by atoms with Crippen LogP contribution in [0.2, 0.25) is 0 Å². The molecular formula is C12H12N4O4. The molecule has 8 heteroatoms. The minimum atomic E-state index is -0.519. The molecule has 0 saturated carbocycles. The van der Waals surface area contributed by atoms with Gasteiger partial charge < -0.3 is 15.2 Å². The molecule has 0 unspecified atom stereocenters. The molecule has 0 aliphatic heterocycles. The molecule has 0 radical (unpaired) electrons. The highest BCUT2D eigenvalue weighted by atomic mass is 16.6. The topological polar surface area (TPSA) is 110 Å². The number of nitro benzene ring substituents is 1. The molecule has 8 nitrogen and oxygen atoms in total. The van der Waals surface area contributed by atoms with Gasteiger partial charge in [-0.15, -0.1) is 0 Å². The van der Waals surface area contributed by atoms with Gasteiger partial charge in [-0.25, -0.2) is 0 Å². The minimum absolute atomic E-state index is 0.0960. The lowest BCUT2D eigenvalue weighted by Crippen LogP contribution is -2.12. The second-order valence-electron chi connectivity index (χ2n) is 4.02. The van der Waals surface area contributed by atoms with E-state index in [1.165, 1.54) is 18.2 Å². The summed E-state index contributed by atoms with van der Waals surface area (Å²) in [5, 5.41) is 19.7. The van der Waals surface area contributed by atoms with Gasteiger partial charge in [0.2, 0.25) is 0 Å². The maximum atomic E-state index is 12.0. The molecule has 1 aromatic heterocycles. The Morgan fingerprint density at radius 1 is 1.40 bits per heavy atom.